The Morgan fingerprint density at radius 2 is 1.84 bits per heavy atom. The fourth-order valence-electron chi connectivity index (χ4n) is 4.71. The number of ether oxygens (including phenoxy) is 1. The molecule has 2 fully saturated rings. The number of hydrogen-bond acceptors (Lipinski definition) is 4. The predicted molar refractivity (Wildman–Crippen MR) is 119 cm³/mol. The van der Waals surface area contributed by atoms with Crippen molar-refractivity contribution in [1.29, 1.82) is 0 Å². The number of benzene rings is 1. The summed E-state index contributed by atoms with van der Waals surface area (Å²) in [5.41, 5.74) is 1.69. The number of hydrogen-bond donors (Lipinski definition) is 1. The van der Waals surface area contributed by atoms with Gasteiger partial charge in [-0.15, -0.1) is 0 Å². The highest BCUT2D eigenvalue weighted by molar-refractivity contribution is 5.93. The summed E-state index contributed by atoms with van der Waals surface area (Å²) in [7, 11) is 0. The van der Waals surface area contributed by atoms with E-state index in [1.807, 2.05) is 23.1 Å². The van der Waals surface area contributed by atoms with Crippen LogP contribution in [0.3, 0.4) is 0 Å². The molecule has 2 saturated heterocycles. The van der Waals surface area contributed by atoms with Gasteiger partial charge in [-0.2, -0.15) is 0 Å². The Morgan fingerprint density at radius 1 is 1.10 bits per heavy atom. The van der Waals surface area contributed by atoms with E-state index in [-0.39, 0.29) is 17.4 Å². The van der Waals surface area contributed by atoms with Gasteiger partial charge in [0, 0.05) is 50.6 Å². The molecule has 1 unspecified atom stereocenters. The van der Waals surface area contributed by atoms with Gasteiger partial charge in [-0.1, -0.05) is 30.3 Å². The molecule has 1 aromatic carbocycles. The highest BCUT2D eigenvalue weighted by atomic mass is 16.5. The van der Waals surface area contributed by atoms with Crippen LogP contribution in [0.4, 0.5) is 0 Å². The Kier molecular flexibility index (Phi) is 6.97. The number of pyridine rings is 1. The van der Waals surface area contributed by atoms with Crippen molar-refractivity contribution in [1.82, 2.24) is 15.2 Å². The van der Waals surface area contributed by atoms with Crippen LogP contribution in [0.25, 0.3) is 0 Å². The van der Waals surface area contributed by atoms with Gasteiger partial charge >= 0.3 is 0 Å². The molecule has 2 aliphatic rings. The highest BCUT2D eigenvalue weighted by Crippen LogP contribution is 2.37. The van der Waals surface area contributed by atoms with Crippen LogP contribution in [0, 0.1) is 5.92 Å². The summed E-state index contributed by atoms with van der Waals surface area (Å²) in [6, 6.07) is 13.6. The number of likely N-dealkylation sites (tertiary alicyclic amines) is 1. The van der Waals surface area contributed by atoms with Gasteiger partial charge in [0.25, 0.3) is 5.91 Å². The number of rotatable bonds is 6. The third kappa shape index (κ3) is 5.70. The largest absolute Gasteiger partial charge is 0.375 e. The second kappa shape index (κ2) is 10.1. The zero-order valence-corrected chi connectivity index (χ0v) is 18.0. The molecule has 0 aliphatic carbocycles. The SMILES string of the molecule is O=C(NCC1CCOC2(CCN(C(=O)CCc3ccccc3)CC2)C1)c1ccncc1. The third-order valence-electron chi connectivity index (χ3n) is 6.59. The van der Waals surface area contributed by atoms with E-state index >= 15 is 0 Å². The minimum absolute atomic E-state index is 0.0539. The van der Waals surface area contributed by atoms with Gasteiger partial charge < -0.3 is 15.0 Å². The number of piperidine rings is 1. The lowest BCUT2D eigenvalue weighted by molar-refractivity contribution is -0.146. The maximum atomic E-state index is 12.7. The molecule has 1 aromatic heterocycles. The number of carbonyl (C=O) groups excluding carboxylic acids is 2. The van der Waals surface area contributed by atoms with Crippen molar-refractivity contribution in [2.75, 3.05) is 26.2 Å². The quantitative estimate of drug-likeness (QED) is 0.777. The number of carbonyl (C=O) groups is 2. The van der Waals surface area contributed by atoms with Gasteiger partial charge in [0.15, 0.2) is 0 Å². The molecule has 31 heavy (non-hydrogen) atoms. The molecule has 4 rings (SSSR count). The van der Waals surface area contributed by atoms with Gasteiger partial charge in [-0.05, 0) is 55.7 Å². The Hall–Kier alpha value is -2.73. The first-order chi connectivity index (χ1) is 15.1. The van der Waals surface area contributed by atoms with Crippen LogP contribution in [-0.4, -0.2) is 53.5 Å². The molecular formula is C25H31N3O3. The fraction of sp³-hybridized carbons (Fsp3) is 0.480. The standard InChI is InChI=1S/C25H31N3O3/c29-23(7-6-20-4-2-1-3-5-20)28-15-11-25(12-16-28)18-21(10-17-31-25)19-27-24(30)22-8-13-26-14-9-22/h1-5,8-9,13-14,21H,6-7,10-12,15-19H2,(H,27,30). The van der Waals surface area contributed by atoms with Crippen molar-refractivity contribution in [2.24, 2.45) is 5.92 Å². The molecule has 0 radical (unpaired) electrons. The number of amides is 2. The van der Waals surface area contributed by atoms with Crippen LogP contribution in [0.15, 0.2) is 54.9 Å². The highest BCUT2D eigenvalue weighted by Gasteiger charge is 2.41. The lowest BCUT2D eigenvalue weighted by atomic mass is 9.79. The van der Waals surface area contributed by atoms with Crippen LogP contribution < -0.4 is 5.32 Å². The summed E-state index contributed by atoms with van der Waals surface area (Å²) < 4.78 is 6.23. The van der Waals surface area contributed by atoms with Gasteiger partial charge in [0.1, 0.15) is 0 Å². The van der Waals surface area contributed by atoms with Gasteiger partial charge in [-0.25, -0.2) is 0 Å². The summed E-state index contributed by atoms with van der Waals surface area (Å²) >= 11 is 0. The first kappa shape index (κ1) is 21.5. The van der Waals surface area contributed by atoms with Crippen molar-refractivity contribution in [3.63, 3.8) is 0 Å². The smallest absolute Gasteiger partial charge is 0.251 e. The average Bonchev–Trinajstić information content (AvgIpc) is 2.83. The van der Waals surface area contributed by atoms with E-state index < -0.39 is 0 Å². The second-order valence-electron chi connectivity index (χ2n) is 8.70. The Labute approximate surface area is 184 Å². The van der Waals surface area contributed by atoms with Crippen LogP contribution in [0.2, 0.25) is 0 Å². The van der Waals surface area contributed by atoms with Crippen LogP contribution in [0.5, 0.6) is 0 Å². The fourth-order valence-corrected chi connectivity index (χ4v) is 4.71. The Bertz CT molecular complexity index is 864. The van der Waals surface area contributed by atoms with E-state index in [1.165, 1.54) is 5.56 Å². The minimum atomic E-state index is -0.152. The predicted octanol–water partition coefficient (Wildman–Crippen LogP) is 3.23. The van der Waals surface area contributed by atoms with E-state index in [0.717, 1.165) is 51.8 Å². The Morgan fingerprint density at radius 3 is 2.58 bits per heavy atom. The molecule has 1 atom stereocenters. The number of nitrogens with zero attached hydrogens (tertiary/aromatic N) is 2. The zero-order valence-electron chi connectivity index (χ0n) is 18.0. The minimum Gasteiger partial charge on any atom is -0.375 e. The number of nitrogens with one attached hydrogen (secondary N) is 1. The topological polar surface area (TPSA) is 71.5 Å². The van der Waals surface area contributed by atoms with Crippen molar-refractivity contribution in [3.05, 3.63) is 66.0 Å². The molecular weight excluding hydrogens is 390 g/mol. The molecule has 6 nitrogen and oxygen atoms in total. The summed E-state index contributed by atoms with van der Waals surface area (Å²) in [5.74, 6) is 0.581. The second-order valence-corrected chi connectivity index (χ2v) is 8.70. The van der Waals surface area contributed by atoms with Crippen LogP contribution in [-0.2, 0) is 16.0 Å². The maximum absolute atomic E-state index is 12.7. The maximum Gasteiger partial charge on any atom is 0.251 e. The van der Waals surface area contributed by atoms with E-state index in [1.54, 1.807) is 24.5 Å². The molecule has 3 heterocycles. The summed E-state index contributed by atoms with van der Waals surface area (Å²) in [4.78, 5) is 30.9. The molecule has 2 aromatic rings. The Balaban J connectivity index is 1.23. The molecule has 1 spiro atoms. The van der Waals surface area contributed by atoms with Crippen molar-refractivity contribution in [3.8, 4) is 0 Å². The normalized spacial score (nSPS) is 20.4. The molecule has 6 heteroatoms. The number of aromatic nitrogens is 1. The van der Waals surface area contributed by atoms with E-state index in [4.69, 9.17) is 4.74 Å². The summed E-state index contributed by atoms with van der Waals surface area (Å²) in [6.45, 7) is 2.89. The average molecular weight is 422 g/mol. The van der Waals surface area contributed by atoms with Gasteiger partial charge in [0.05, 0.1) is 5.60 Å². The molecule has 2 aliphatic heterocycles. The lowest BCUT2D eigenvalue weighted by Crippen LogP contribution is -2.51. The van der Waals surface area contributed by atoms with E-state index in [9.17, 15) is 9.59 Å². The van der Waals surface area contributed by atoms with E-state index in [2.05, 4.69) is 22.4 Å². The molecule has 0 saturated carbocycles. The zero-order chi connectivity index (χ0) is 21.5. The van der Waals surface area contributed by atoms with Crippen LogP contribution in [0.1, 0.15) is 48.0 Å². The first-order valence-electron chi connectivity index (χ1n) is 11.3. The monoisotopic (exact) mass is 421 g/mol. The van der Waals surface area contributed by atoms with Crippen LogP contribution >= 0.6 is 0 Å². The third-order valence-corrected chi connectivity index (χ3v) is 6.59. The summed E-state index contributed by atoms with van der Waals surface area (Å²) in [6.07, 6.45) is 8.25. The molecule has 1 N–H and O–H groups in total. The van der Waals surface area contributed by atoms with E-state index in [0.29, 0.717) is 24.4 Å². The van der Waals surface area contributed by atoms with Crippen molar-refractivity contribution >= 4 is 11.8 Å². The van der Waals surface area contributed by atoms with Crippen molar-refractivity contribution in [2.45, 2.75) is 44.1 Å². The van der Waals surface area contributed by atoms with Gasteiger partial charge in [-0.3, -0.25) is 14.6 Å². The number of aryl methyl sites for hydroxylation is 1. The lowest BCUT2D eigenvalue weighted by Gasteiger charge is -2.46. The molecule has 2 amide bonds. The molecule has 0 bridgehead atoms. The first-order valence-corrected chi connectivity index (χ1v) is 11.3. The van der Waals surface area contributed by atoms with Gasteiger partial charge in [0.2, 0.25) is 5.91 Å². The summed E-state index contributed by atoms with van der Waals surface area (Å²) in [5, 5.41) is 3.06. The van der Waals surface area contributed by atoms with Crippen molar-refractivity contribution < 1.29 is 14.3 Å². The molecule has 164 valence electrons.